The van der Waals surface area contributed by atoms with E-state index in [4.69, 9.17) is 10.5 Å². The summed E-state index contributed by atoms with van der Waals surface area (Å²) in [6, 6.07) is 7.94. The lowest BCUT2D eigenvalue weighted by Crippen LogP contribution is -2.04. The van der Waals surface area contributed by atoms with Crippen molar-refractivity contribution in [3.05, 3.63) is 46.4 Å². The molecule has 0 radical (unpaired) electrons. The fourth-order valence-electron chi connectivity index (χ4n) is 1.34. The van der Waals surface area contributed by atoms with E-state index in [1.165, 1.54) is 0 Å². The lowest BCUT2D eigenvalue weighted by atomic mass is 10.1. The van der Waals surface area contributed by atoms with Gasteiger partial charge in [0, 0.05) is 12.2 Å². The molecule has 0 bridgehead atoms. The standard InChI is InChI=1S/C12H14N2OS/c1-9(13)10-2-4-11(5-3-10)15-7-12-6-14-8-16-12/h2-6,8-9H,7,13H2,1H3/t9-/m0/s1. The van der Waals surface area contributed by atoms with Crippen LogP contribution in [0.25, 0.3) is 0 Å². The van der Waals surface area contributed by atoms with Gasteiger partial charge in [-0.05, 0) is 24.6 Å². The Labute approximate surface area is 98.9 Å². The van der Waals surface area contributed by atoms with Crippen LogP contribution in [0.2, 0.25) is 0 Å². The average Bonchev–Trinajstić information content (AvgIpc) is 2.80. The van der Waals surface area contributed by atoms with Gasteiger partial charge >= 0.3 is 0 Å². The Morgan fingerprint density at radius 3 is 2.69 bits per heavy atom. The zero-order valence-corrected chi connectivity index (χ0v) is 9.91. The molecule has 0 saturated carbocycles. The Hall–Kier alpha value is -1.39. The van der Waals surface area contributed by atoms with E-state index in [0.29, 0.717) is 6.61 Å². The molecule has 0 saturated heterocycles. The van der Waals surface area contributed by atoms with Gasteiger partial charge in [0.05, 0.1) is 10.4 Å². The number of thiazole rings is 1. The van der Waals surface area contributed by atoms with Gasteiger partial charge in [-0.1, -0.05) is 12.1 Å². The van der Waals surface area contributed by atoms with Crippen LogP contribution in [0.4, 0.5) is 0 Å². The van der Waals surface area contributed by atoms with E-state index in [1.807, 2.05) is 37.4 Å². The van der Waals surface area contributed by atoms with Crippen LogP contribution in [-0.2, 0) is 6.61 Å². The van der Waals surface area contributed by atoms with Crippen molar-refractivity contribution in [2.45, 2.75) is 19.6 Å². The van der Waals surface area contributed by atoms with Crippen molar-refractivity contribution in [1.82, 2.24) is 4.98 Å². The van der Waals surface area contributed by atoms with Crippen LogP contribution in [0.15, 0.2) is 36.0 Å². The number of nitrogens with two attached hydrogens (primary N) is 1. The Kier molecular flexibility index (Phi) is 3.54. The second-order valence-electron chi connectivity index (χ2n) is 3.61. The normalized spacial score (nSPS) is 12.4. The van der Waals surface area contributed by atoms with Crippen LogP contribution in [0, 0.1) is 0 Å². The topological polar surface area (TPSA) is 48.1 Å². The predicted octanol–water partition coefficient (Wildman–Crippen LogP) is 2.74. The highest BCUT2D eigenvalue weighted by atomic mass is 32.1. The Bertz CT molecular complexity index is 423. The molecule has 84 valence electrons. The minimum atomic E-state index is 0.0653. The summed E-state index contributed by atoms with van der Waals surface area (Å²) in [5, 5.41) is 0. The molecule has 0 amide bonds. The molecule has 0 unspecified atom stereocenters. The fraction of sp³-hybridized carbons (Fsp3) is 0.250. The van der Waals surface area contributed by atoms with Crippen LogP contribution < -0.4 is 10.5 Å². The summed E-state index contributed by atoms with van der Waals surface area (Å²) in [6.07, 6.45) is 1.82. The van der Waals surface area contributed by atoms with Crippen molar-refractivity contribution in [2.75, 3.05) is 0 Å². The highest BCUT2D eigenvalue weighted by Crippen LogP contribution is 2.17. The molecule has 1 aromatic heterocycles. The molecule has 2 N–H and O–H groups in total. The minimum Gasteiger partial charge on any atom is -0.488 e. The lowest BCUT2D eigenvalue weighted by Gasteiger charge is -2.07. The minimum absolute atomic E-state index is 0.0653. The van der Waals surface area contributed by atoms with Gasteiger partial charge in [-0.2, -0.15) is 0 Å². The summed E-state index contributed by atoms with van der Waals surface area (Å²) in [5.41, 5.74) is 8.69. The van der Waals surface area contributed by atoms with Crippen molar-refractivity contribution < 1.29 is 4.74 Å². The summed E-state index contributed by atoms with van der Waals surface area (Å²) in [6.45, 7) is 2.54. The second kappa shape index (κ2) is 5.09. The average molecular weight is 234 g/mol. The summed E-state index contributed by atoms with van der Waals surface area (Å²) in [5.74, 6) is 0.859. The first-order valence-electron chi connectivity index (χ1n) is 5.11. The molecule has 1 atom stereocenters. The number of hydrogen-bond acceptors (Lipinski definition) is 4. The third-order valence-corrected chi connectivity index (χ3v) is 3.02. The van der Waals surface area contributed by atoms with Crippen LogP contribution in [0.3, 0.4) is 0 Å². The monoisotopic (exact) mass is 234 g/mol. The number of rotatable bonds is 4. The van der Waals surface area contributed by atoms with Gasteiger partial charge in [-0.25, -0.2) is 0 Å². The highest BCUT2D eigenvalue weighted by Gasteiger charge is 2.00. The van der Waals surface area contributed by atoms with E-state index in [9.17, 15) is 0 Å². The Morgan fingerprint density at radius 2 is 2.12 bits per heavy atom. The van der Waals surface area contributed by atoms with Crippen molar-refractivity contribution in [3.8, 4) is 5.75 Å². The van der Waals surface area contributed by atoms with Gasteiger partial charge in [0.15, 0.2) is 0 Å². The van der Waals surface area contributed by atoms with Gasteiger partial charge in [0.2, 0.25) is 0 Å². The van der Waals surface area contributed by atoms with Crippen molar-refractivity contribution in [3.63, 3.8) is 0 Å². The van der Waals surface area contributed by atoms with Crippen molar-refractivity contribution >= 4 is 11.3 Å². The maximum atomic E-state index is 5.77. The third-order valence-electron chi connectivity index (χ3n) is 2.27. The molecule has 1 aromatic carbocycles. The molecular formula is C12H14N2OS. The third kappa shape index (κ3) is 2.81. The summed E-state index contributed by atoms with van der Waals surface area (Å²) in [4.78, 5) is 5.12. The zero-order valence-electron chi connectivity index (χ0n) is 9.09. The van der Waals surface area contributed by atoms with E-state index >= 15 is 0 Å². The highest BCUT2D eigenvalue weighted by molar-refractivity contribution is 7.09. The maximum absolute atomic E-state index is 5.77. The van der Waals surface area contributed by atoms with E-state index in [2.05, 4.69) is 4.98 Å². The number of ether oxygens (including phenoxy) is 1. The molecule has 2 rings (SSSR count). The first kappa shape index (κ1) is 11.1. The molecule has 0 aliphatic heterocycles. The lowest BCUT2D eigenvalue weighted by molar-refractivity contribution is 0.309. The predicted molar refractivity (Wildman–Crippen MR) is 65.5 cm³/mol. The van der Waals surface area contributed by atoms with Crippen LogP contribution in [0.1, 0.15) is 23.4 Å². The summed E-state index contributed by atoms with van der Waals surface area (Å²) < 4.78 is 5.61. The van der Waals surface area contributed by atoms with E-state index in [1.54, 1.807) is 16.8 Å². The van der Waals surface area contributed by atoms with Crippen LogP contribution >= 0.6 is 11.3 Å². The van der Waals surface area contributed by atoms with Gasteiger partial charge in [0.1, 0.15) is 12.4 Å². The van der Waals surface area contributed by atoms with Gasteiger partial charge < -0.3 is 10.5 Å². The number of hydrogen-bond donors (Lipinski definition) is 1. The second-order valence-corrected chi connectivity index (χ2v) is 4.59. The van der Waals surface area contributed by atoms with Crippen molar-refractivity contribution in [2.24, 2.45) is 5.73 Å². The zero-order chi connectivity index (χ0) is 11.4. The fourth-order valence-corrected chi connectivity index (χ4v) is 1.84. The first-order chi connectivity index (χ1) is 7.75. The van der Waals surface area contributed by atoms with E-state index in [-0.39, 0.29) is 6.04 Å². The molecule has 1 heterocycles. The SMILES string of the molecule is C[C@H](N)c1ccc(OCc2cncs2)cc1. The molecule has 4 heteroatoms. The van der Waals surface area contributed by atoms with Crippen LogP contribution in [0.5, 0.6) is 5.75 Å². The van der Waals surface area contributed by atoms with Gasteiger partial charge in [0.25, 0.3) is 0 Å². The molecule has 0 fully saturated rings. The maximum Gasteiger partial charge on any atom is 0.124 e. The molecule has 3 nitrogen and oxygen atoms in total. The summed E-state index contributed by atoms with van der Waals surface area (Å²) >= 11 is 1.59. The molecule has 0 aliphatic rings. The Balaban J connectivity index is 1.95. The van der Waals surface area contributed by atoms with E-state index in [0.717, 1.165) is 16.2 Å². The molecule has 16 heavy (non-hydrogen) atoms. The first-order valence-corrected chi connectivity index (χ1v) is 5.99. The van der Waals surface area contributed by atoms with Gasteiger partial charge in [-0.3, -0.25) is 4.98 Å². The summed E-state index contributed by atoms with van der Waals surface area (Å²) in [7, 11) is 0. The largest absolute Gasteiger partial charge is 0.488 e. The van der Waals surface area contributed by atoms with Crippen molar-refractivity contribution in [1.29, 1.82) is 0 Å². The Morgan fingerprint density at radius 1 is 1.38 bits per heavy atom. The molecule has 2 aromatic rings. The number of aromatic nitrogens is 1. The quantitative estimate of drug-likeness (QED) is 0.884. The van der Waals surface area contributed by atoms with Gasteiger partial charge in [-0.15, -0.1) is 11.3 Å². The number of nitrogens with zero attached hydrogens (tertiary/aromatic N) is 1. The molecular weight excluding hydrogens is 220 g/mol. The number of benzene rings is 1. The molecule has 0 aliphatic carbocycles. The van der Waals surface area contributed by atoms with Crippen LogP contribution in [-0.4, -0.2) is 4.98 Å². The molecule has 0 spiro atoms. The smallest absolute Gasteiger partial charge is 0.124 e. The van der Waals surface area contributed by atoms with E-state index < -0.39 is 0 Å².